The van der Waals surface area contributed by atoms with Gasteiger partial charge < -0.3 is 0 Å². The van der Waals surface area contributed by atoms with Gasteiger partial charge in [0.05, 0.1) is 6.04 Å². The molecule has 4 rings (SSSR count). The number of pyridine rings is 1. The van der Waals surface area contributed by atoms with Gasteiger partial charge in [-0.15, -0.1) is 0 Å². The SMILES string of the molecule is CC1=C(C)C(=O)N(C2=NN(c3ccccn3)C(c3ccc(Cl)cc3)C2)C1=O. The minimum atomic E-state index is -0.311. The van der Waals surface area contributed by atoms with Crippen LogP contribution in [-0.4, -0.2) is 27.5 Å². The third-order valence-corrected chi connectivity index (χ3v) is 5.15. The Kier molecular flexibility index (Phi) is 4.28. The van der Waals surface area contributed by atoms with E-state index >= 15 is 0 Å². The van der Waals surface area contributed by atoms with E-state index in [1.165, 1.54) is 4.90 Å². The Morgan fingerprint density at radius 3 is 2.26 bits per heavy atom. The molecule has 0 spiro atoms. The van der Waals surface area contributed by atoms with Gasteiger partial charge in [0.25, 0.3) is 11.8 Å². The maximum atomic E-state index is 12.6. The maximum Gasteiger partial charge on any atom is 0.262 e. The van der Waals surface area contributed by atoms with Crippen molar-refractivity contribution in [3.8, 4) is 0 Å². The van der Waals surface area contributed by atoms with Crippen LogP contribution in [0.3, 0.4) is 0 Å². The molecular weight excluding hydrogens is 364 g/mol. The highest BCUT2D eigenvalue weighted by Crippen LogP contribution is 2.36. The van der Waals surface area contributed by atoms with Crippen molar-refractivity contribution in [2.24, 2.45) is 5.10 Å². The van der Waals surface area contributed by atoms with Gasteiger partial charge in [-0.25, -0.2) is 14.9 Å². The van der Waals surface area contributed by atoms with Crippen LogP contribution in [0.5, 0.6) is 0 Å². The number of aromatic nitrogens is 1. The molecule has 6 nitrogen and oxygen atoms in total. The van der Waals surface area contributed by atoms with E-state index in [4.69, 9.17) is 11.6 Å². The Hall–Kier alpha value is -2.99. The van der Waals surface area contributed by atoms with Crippen LogP contribution in [-0.2, 0) is 9.59 Å². The third kappa shape index (κ3) is 2.92. The summed E-state index contributed by atoms with van der Waals surface area (Å²) in [6, 6.07) is 12.8. The smallest absolute Gasteiger partial charge is 0.262 e. The summed E-state index contributed by atoms with van der Waals surface area (Å²) < 4.78 is 0. The number of amides is 2. The minimum Gasteiger partial charge on any atom is -0.269 e. The molecule has 1 unspecified atom stereocenters. The van der Waals surface area contributed by atoms with Gasteiger partial charge in [0.2, 0.25) is 0 Å². The molecule has 3 heterocycles. The van der Waals surface area contributed by atoms with Gasteiger partial charge in [-0.05, 0) is 43.7 Å². The number of halogens is 1. The zero-order valence-electron chi connectivity index (χ0n) is 14.9. The molecule has 136 valence electrons. The van der Waals surface area contributed by atoms with Gasteiger partial charge in [-0.2, -0.15) is 5.10 Å². The van der Waals surface area contributed by atoms with E-state index in [0.29, 0.717) is 34.2 Å². The van der Waals surface area contributed by atoms with E-state index in [0.717, 1.165) is 5.56 Å². The monoisotopic (exact) mass is 380 g/mol. The second-order valence-electron chi connectivity index (χ2n) is 6.52. The van der Waals surface area contributed by atoms with Crippen LogP contribution in [0.2, 0.25) is 5.02 Å². The van der Waals surface area contributed by atoms with Crippen LogP contribution in [0, 0.1) is 0 Å². The molecule has 0 bridgehead atoms. The van der Waals surface area contributed by atoms with Gasteiger partial charge in [-0.3, -0.25) is 9.59 Å². The second kappa shape index (κ2) is 6.63. The Bertz CT molecular complexity index is 959. The summed E-state index contributed by atoms with van der Waals surface area (Å²) in [5.74, 6) is 0.447. The number of hydrogen-bond acceptors (Lipinski definition) is 5. The number of imide groups is 1. The van der Waals surface area contributed by atoms with Gasteiger partial charge in [0.1, 0.15) is 11.7 Å². The molecule has 2 aromatic rings. The molecular formula is C20H17ClN4O2. The molecule has 0 N–H and O–H groups in total. The van der Waals surface area contributed by atoms with Crippen LogP contribution in [0.15, 0.2) is 64.9 Å². The van der Waals surface area contributed by atoms with E-state index < -0.39 is 0 Å². The number of hydrazone groups is 1. The largest absolute Gasteiger partial charge is 0.269 e. The summed E-state index contributed by atoms with van der Waals surface area (Å²) in [7, 11) is 0. The van der Waals surface area contributed by atoms with Crippen molar-refractivity contribution < 1.29 is 9.59 Å². The summed E-state index contributed by atoms with van der Waals surface area (Å²) in [5.41, 5.74) is 1.90. The quantitative estimate of drug-likeness (QED) is 0.745. The lowest BCUT2D eigenvalue weighted by molar-refractivity contribution is -0.132. The molecule has 0 saturated heterocycles. The molecule has 7 heteroatoms. The van der Waals surface area contributed by atoms with E-state index in [-0.39, 0.29) is 17.9 Å². The molecule has 1 atom stereocenters. The van der Waals surface area contributed by atoms with Crippen molar-refractivity contribution in [1.29, 1.82) is 0 Å². The highest BCUT2D eigenvalue weighted by atomic mass is 35.5. The number of benzene rings is 1. The first-order valence-electron chi connectivity index (χ1n) is 8.57. The lowest BCUT2D eigenvalue weighted by Crippen LogP contribution is -2.36. The summed E-state index contributed by atoms with van der Waals surface area (Å²) in [6.45, 7) is 3.33. The van der Waals surface area contributed by atoms with Crippen molar-refractivity contribution >= 4 is 35.1 Å². The maximum absolute atomic E-state index is 12.6. The van der Waals surface area contributed by atoms with Gasteiger partial charge in [0.15, 0.2) is 0 Å². The first-order valence-corrected chi connectivity index (χ1v) is 8.94. The number of rotatable bonds is 2. The fourth-order valence-corrected chi connectivity index (χ4v) is 3.38. The molecule has 0 aliphatic carbocycles. The van der Waals surface area contributed by atoms with Crippen LogP contribution in [0.1, 0.15) is 31.9 Å². The Morgan fingerprint density at radius 1 is 1.00 bits per heavy atom. The molecule has 1 aromatic heterocycles. The van der Waals surface area contributed by atoms with E-state index in [1.807, 2.05) is 42.5 Å². The zero-order valence-corrected chi connectivity index (χ0v) is 15.6. The van der Waals surface area contributed by atoms with E-state index in [1.54, 1.807) is 25.1 Å². The summed E-state index contributed by atoms with van der Waals surface area (Å²) >= 11 is 6.02. The first-order chi connectivity index (χ1) is 13.0. The molecule has 2 aliphatic rings. The van der Waals surface area contributed by atoms with Crippen LogP contribution in [0.4, 0.5) is 5.82 Å². The van der Waals surface area contributed by atoms with Crippen molar-refractivity contribution in [3.63, 3.8) is 0 Å². The lowest BCUT2D eigenvalue weighted by atomic mass is 10.0. The Balaban J connectivity index is 1.74. The predicted molar refractivity (Wildman–Crippen MR) is 103 cm³/mol. The fourth-order valence-electron chi connectivity index (χ4n) is 3.26. The fraction of sp³-hybridized carbons (Fsp3) is 0.200. The van der Waals surface area contributed by atoms with Crippen molar-refractivity contribution in [1.82, 2.24) is 9.88 Å². The average molecular weight is 381 g/mol. The van der Waals surface area contributed by atoms with Crippen molar-refractivity contribution in [2.75, 3.05) is 5.01 Å². The summed E-state index contributed by atoms with van der Waals surface area (Å²) in [4.78, 5) is 30.7. The summed E-state index contributed by atoms with van der Waals surface area (Å²) in [5, 5.41) is 7.00. The molecule has 27 heavy (non-hydrogen) atoms. The average Bonchev–Trinajstić information content (AvgIpc) is 3.19. The normalized spacial score (nSPS) is 20.0. The Morgan fingerprint density at radius 2 is 1.67 bits per heavy atom. The molecule has 1 aromatic carbocycles. The predicted octanol–water partition coefficient (Wildman–Crippen LogP) is 3.71. The van der Waals surface area contributed by atoms with Gasteiger partial charge >= 0.3 is 0 Å². The number of amidine groups is 1. The number of nitrogens with zero attached hydrogens (tertiary/aromatic N) is 4. The molecule has 0 fully saturated rings. The minimum absolute atomic E-state index is 0.186. The van der Waals surface area contributed by atoms with E-state index in [9.17, 15) is 9.59 Å². The first kappa shape index (κ1) is 17.4. The standard InChI is InChI=1S/C20H17ClN4O2/c1-12-13(2)20(27)24(19(12)26)18-11-16(14-6-8-15(21)9-7-14)25(23-18)17-5-3-4-10-22-17/h3-10,16H,11H2,1-2H3. The van der Waals surface area contributed by atoms with Gasteiger partial charge in [-0.1, -0.05) is 29.8 Å². The molecule has 0 radical (unpaired) electrons. The van der Waals surface area contributed by atoms with Crippen LogP contribution < -0.4 is 5.01 Å². The lowest BCUT2D eigenvalue weighted by Gasteiger charge is -2.22. The topological polar surface area (TPSA) is 65.9 Å². The number of carbonyl (C=O) groups excluding carboxylic acids is 2. The molecule has 2 amide bonds. The number of anilines is 1. The van der Waals surface area contributed by atoms with Crippen LogP contribution >= 0.6 is 11.6 Å². The number of carbonyl (C=O) groups is 2. The zero-order chi connectivity index (χ0) is 19.1. The summed E-state index contributed by atoms with van der Waals surface area (Å²) in [6.07, 6.45) is 2.10. The highest BCUT2D eigenvalue weighted by molar-refractivity contribution is 6.30. The van der Waals surface area contributed by atoms with Gasteiger partial charge in [0, 0.05) is 28.8 Å². The molecule has 2 aliphatic heterocycles. The van der Waals surface area contributed by atoms with Crippen LogP contribution in [0.25, 0.3) is 0 Å². The number of hydrogen-bond donors (Lipinski definition) is 0. The molecule has 0 saturated carbocycles. The van der Waals surface area contributed by atoms with Crippen molar-refractivity contribution in [2.45, 2.75) is 26.3 Å². The third-order valence-electron chi connectivity index (χ3n) is 4.90. The van der Waals surface area contributed by atoms with Crippen molar-refractivity contribution in [3.05, 3.63) is 70.4 Å². The van der Waals surface area contributed by atoms with E-state index in [2.05, 4.69) is 10.1 Å². The second-order valence-corrected chi connectivity index (χ2v) is 6.95. The highest BCUT2D eigenvalue weighted by Gasteiger charge is 2.41. The Labute approximate surface area is 161 Å².